The van der Waals surface area contributed by atoms with Gasteiger partial charge in [0.2, 0.25) is 10.0 Å². The second-order valence-corrected chi connectivity index (χ2v) is 8.57. The highest BCUT2D eigenvalue weighted by Gasteiger charge is 2.33. The summed E-state index contributed by atoms with van der Waals surface area (Å²) in [5.41, 5.74) is 1.20. The van der Waals surface area contributed by atoms with Crippen LogP contribution < -0.4 is 4.74 Å². The van der Waals surface area contributed by atoms with Gasteiger partial charge >= 0.3 is 0 Å². The van der Waals surface area contributed by atoms with Crippen molar-refractivity contribution in [3.05, 3.63) is 72.3 Å². The van der Waals surface area contributed by atoms with Crippen molar-refractivity contribution in [3.8, 4) is 5.75 Å². The lowest BCUT2D eigenvalue weighted by molar-refractivity contribution is 0.414. The van der Waals surface area contributed by atoms with Crippen LogP contribution in [0.15, 0.2) is 71.6 Å². The van der Waals surface area contributed by atoms with Crippen LogP contribution in [-0.2, 0) is 10.0 Å². The lowest BCUT2D eigenvalue weighted by Crippen LogP contribution is -2.28. The number of hydrogen-bond donors (Lipinski definition) is 0. The average molecular weight is 367 g/mol. The maximum Gasteiger partial charge on any atom is 0.243 e. The molecule has 1 aliphatic rings. The minimum Gasteiger partial charge on any atom is -0.497 e. The number of sulfonamides is 1. The minimum absolute atomic E-state index is 0.229. The van der Waals surface area contributed by atoms with Crippen molar-refractivity contribution in [1.29, 1.82) is 0 Å². The summed E-state index contributed by atoms with van der Waals surface area (Å²) in [4.78, 5) is 0.317. The van der Waals surface area contributed by atoms with E-state index in [1.807, 2.05) is 12.1 Å². The van der Waals surface area contributed by atoms with Gasteiger partial charge in [0, 0.05) is 13.1 Å². The molecule has 1 atom stereocenters. The van der Waals surface area contributed by atoms with Gasteiger partial charge in [0.05, 0.1) is 12.0 Å². The van der Waals surface area contributed by atoms with Crippen molar-refractivity contribution in [3.63, 3.8) is 0 Å². The molecule has 4 nitrogen and oxygen atoms in total. The van der Waals surface area contributed by atoms with E-state index in [1.54, 1.807) is 35.7 Å². The van der Waals surface area contributed by atoms with E-state index in [1.165, 1.54) is 16.3 Å². The van der Waals surface area contributed by atoms with Crippen LogP contribution in [0.3, 0.4) is 0 Å². The van der Waals surface area contributed by atoms with E-state index in [4.69, 9.17) is 4.74 Å². The Balaban J connectivity index is 1.56. The Labute approximate surface area is 154 Å². The molecule has 1 saturated heterocycles. The standard InChI is InChI=1S/C21H21NO3S/c1-25-20-8-10-21(11-9-20)26(23,24)22-13-12-19(15-22)18-7-6-16-4-2-3-5-17(16)14-18/h2-11,14,19H,12-13,15H2,1H3/t19-/m0/s1. The Kier molecular flexibility index (Phi) is 4.42. The third kappa shape index (κ3) is 3.08. The van der Waals surface area contributed by atoms with Gasteiger partial charge in [-0.25, -0.2) is 8.42 Å². The molecule has 1 fully saturated rings. The van der Waals surface area contributed by atoms with Gasteiger partial charge in [0.25, 0.3) is 0 Å². The average Bonchev–Trinajstić information content (AvgIpc) is 3.19. The SMILES string of the molecule is COc1ccc(S(=O)(=O)N2CC[C@H](c3ccc4ccccc4c3)C2)cc1. The van der Waals surface area contributed by atoms with E-state index in [0.29, 0.717) is 23.7 Å². The molecule has 0 bridgehead atoms. The molecule has 3 aromatic carbocycles. The van der Waals surface area contributed by atoms with Crippen LogP contribution in [0.4, 0.5) is 0 Å². The van der Waals surface area contributed by atoms with Gasteiger partial charge < -0.3 is 4.74 Å². The molecule has 1 aliphatic heterocycles. The fourth-order valence-corrected chi connectivity index (χ4v) is 5.08. The molecule has 5 heteroatoms. The van der Waals surface area contributed by atoms with Gasteiger partial charge in [0.15, 0.2) is 0 Å². The van der Waals surface area contributed by atoms with Crippen LogP contribution in [0.1, 0.15) is 17.9 Å². The zero-order valence-electron chi connectivity index (χ0n) is 14.6. The molecule has 1 heterocycles. The van der Waals surface area contributed by atoms with Gasteiger partial charge in [-0.1, -0.05) is 42.5 Å². The topological polar surface area (TPSA) is 46.6 Å². The first-order chi connectivity index (χ1) is 12.6. The first-order valence-corrected chi connectivity index (χ1v) is 10.1. The molecule has 3 aromatic rings. The molecule has 0 unspecified atom stereocenters. The third-order valence-electron chi connectivity index (χ3n) is 5.09. The summed E-state index contributed by atoms with van der Waals surface area (Å²) in [6.45, 7) is 1.07. The van der Waals surface area contributed by atoms with E-state index in [9.17, 15) is 8.42 Å². The van der Waals surface area contributed by atoms with Crippen molar-refractivity contribution in [2.45, 2.75) is 17.2 Å². The lowest BCUT2D eigenvalue weighted by atomic mass is 9.96. The number of benzene rings is 3. The highest BCUT2D eigenvalue weighted by Crippen LogP contribution is 2.32. The van der Waals surface area contributed by atoms with Gasteiger partial charge in [-0.15, -0.1) is 0 Å². The molecule has 134 valence electrons. The number of nitrogens with zero attached hydrogens (tertiary/aromatic N) is 1. The van der Waals surface area contributed by atoms with Crippen LogP contribution >= 0.6 is 0 Å². The molecule has 0 N–H and O–H groups in total. The largest absolute Gasteiger partial charge is 0.497 e. The highest BCUT2D eigenvalue weighted by atomic mass is 32.2. The Morgan fingerprint density at radius 2 is 1.69 bits per heavy atom. The number of ether oxygens (including phenoxy) is 1. The fourth-order valence-electron chi connectivity index (χ4n) is 3.58. The van der Waals surface area contributed by atoms with Crippen molar-refractivity contribution in [2.24, 2.45) is 0 Å². The molecule has 0 saturated carbocycles. The molecule has 0 amide bonds. The highest BCUT2D eigenvalue weighted by molar-refractivity contribution is 7.89. The van der Waals surface area contributed by atoms with E-state index in [0.717, 1.165) is 6.42 Å². The zero-order valence-corrected chi connectivity index (χ0v) is 15.4. The monoisotopic (exact) mass is 367 g/mol. The van der Waals surface area contributed by atoms with Crippen molar-refractivity contribution in [2.75, 3.05) is 20.2 Å². The predicted octanol–water partition coefficient (Wildman–Crippen LogP) is 4.03. The van der Waals surface area contributed by atoms with Crippen molar-refractivity contribution < 1.29 is 13.2 Å². The Bertz CT molecular complexity index is 1030. The van der Waals surface area contributed by atoms with Crippen molar-refractivity contribution >= 4 is 20.8 Å². The minimum atomic E-state index is -3.47. The second kappa shape index (κ2) is 6.74. The van der Waals surface area contributed by atoms with Crippen LogP contribution in [0.5, 0.6) is 5.75 Å². The zero-order chi connectivity index (χ0) is 18.1. The van der Waals surface area contributed by atoms with Crippen molar-refractivity contribution in [1.82, 2.24) is 4.31 Å². The number of hydrogen-bond acceptors (Lipinski definition) is 3. The number of rotatable bonds is 4. The quantitative estimate of drug-likeness (QED) is 0.699. The van der Waals surface area contributed by atoms with Crippen LogP contribution in [0.25, 0.3) is 10.8 Å². The fraction of sp³-hybridized carbons (Fsp3) is 0.238. The van der Waals surface area contributed by atoms with Gasteiger partial charge in [0.1, 0.15) is 5.75 Å². The molecule has 0 aliphatic carbocycles. The Morgan fingerprint density at radius 3 is 2.42 bits per heavy atom. The lowest BCUT2D eigenvalue weighted by Gasteiger charge is -2.17. The predicted molar refractivity (Wildman–Crippen MR) is 103 cm³/mol. The summed E-state index contributed by atoms with van der Waals surface area (Å²) < 4.78 is 32.5. The summed E-state index contributed by atoms with van der Waals surface area (Å²) >= 11 is 0. The van der Waals surface area contributed by atoms with E-state index < -0.39 is 10.0 Å². The Hall–Kier alpha value is -2.37. The maximum atomic E-state index is 12.9. The van der Waals surface area contributed by atoms with Gasteiger partial charge in [-0.2, -0.15) is 4.31 Å². The summed E-state index contributed by atoms with van der Waals surface area (Å²) in [5.74, 6) is 0.882. The molecule has 4 rings (SSSR count). The van der Waals surface area contributed by atoms with E-state index in [-0.39, 0.29) is 5.92 Å². The smallest absolute Gasteiger partial charge is 0.243 e. The summed E-state index contributed by atoms with van der Waals surface area (Å²) in [5, 5.41) is 2.40. The molecule has 0 spiro atoms. The second-order valence-electron chi connectivity index (χ2n) is 6.63. The number of methoxy groups -OCH3 is 1. The van der Waals surface area contributed by atoms with Gasteiger partial charge in [-0.05, 0) is 52.9 Å². The molecule has 0 aromatic heterocycles. The molecule has 26 heavy (non-hydrogen) atoms. The molecular formula is C21H21NO3S. The normalized spacial score (nSPS) is 18.3. The summed E-state index contributed by atoms with van der Waals surface area (Å²) in [6, 6.07) is 21.3. The maximum absolute atomic E-state index is 12.9. The first kappa shape index (κ1) is 17.1. The van der Waals surface area contributed by atoms with Crippen LogP contribution in [0.2, 0.25) is 0 Å². The first-order valence-electron chi connectivity index (χ1n) is 8.71. The molecule has 0 radical (unpaired) electrons. The van der Waals surface area contributed by atoms with E-state index >= 15 is 0 Å². The van der Waals surface area contributed by atoms with E-state index in [2.05, 4.69) is 30.3 Å². The Morgan fingerprint density at radius 1 is 0.962 bits per heavy atom. The number of fused-ring (bicyclic) bond motifs is 1. The van der Waals surface area contributed by atoms with Crippen LogP contribution in [0, 0.1) is 0 Å². The van der Waals surface area contributed by atoms with Crippen LogP contribution in [-0.4, -0.2) is 32.9 Å². The third-order valence-corrected chi connectivity index (χ3v) is 6.97. The summed E-state index contributed by atoms with van der Waals surface area (Å²) in [6.07, 6.45) is 0.841. The molecular weight excluding hydrogens is 346 g/mol. The van der Waals surface area contributed by atoms with Gasteiger partial charge in [-0.3, -0.25) is 0 Å². The summed E-state index contributed by atoms with van der Waals surface area (Å²) in [7, 11) is -1.90.